The molecule has 0 aliphatic carbocycles. The van der Waals surface area contributed by atoms with E-state index in [2.05, 4.69) is 20.7 Å². The van der Waals surface area contributed by atoms with Gasteiger partial charge in [0.15, 0.2) is 0 Å². The Morgan fingerprint density at radius 1 is 0.873 bits per heavy atom. The van der Waals surface area contributed by atoms with Crippen LogP contribution in [0.4, 0.5) is 14.5 Å². The van der Waals surface area contributed by atoms with Crippen molar-refractivity contribution >= 4 is 45.2 Å². The Kier molecular flexibility index (Phi) is 12.3. The number of para-hydroxylation sites is 1. The van der Waals surface area contributed by atoms with Crippen LogP contribution >= 0.6 is 0 Å². The van der Waals surface area contributed by atoms with Crippen molar-refractivity contribution in [2.45, 2.75) is 70.0 Å². The van der Waals surface area contributed by atoms with Crippen molar-refractivity contribution in [3.8, 4) is 22.4 Å². The number of carbonyl (C=O) groups is 3. The number of halogens is 2. The monoisotopic (exact) mass is 857 g/mol. The molecule has 3 aromatic heterocycles. The first-order valence-corrected chi connectivity index (χ1v) is 21.8. The fourth-order valence-electron chi connectivity index (χ4n) is 8.95. The topological polar surface area (TPSA) is 157 Å². The van der Waals surface area contributed by atoms with Crippen molar-refractivity contribution in [3.63, 3.8) is 0 Å². The van der Waals surface area contributed by atoms with Crippen LogP contribution < -0.4 is 16.2 Å². The number of hydrogen-bond acceptors (Lipinski definition) is 10. The first-order valence-electron chi connectivity index (χ1n) is 21.8. The van der Waals surface area contributed by atoms with Gasteiger partial charge in [0.2, 0.25) is 17.7 Å². The maximum Gasteiger partial charge on any atom is 0.259 e. The molecule has 3 amide bonds. The summed E-state index contributed by atoms with van der Waals surface area (Å²) >= 11 is 0. The molecule has 0 radical (unpaired) electrons. The van der Waals surface area contributed by atoms with Crippen molar-refractivity contribution in [1.29, 1.82) is 0 Å². The van der Waals surface area contributed by atoms with E-state index in [1.165, 1.54) is 16.7 Å². The van der Waals surface area contributed by atoms with Gasteiger partial charge in [0, 0.05) is 97.7 Å². The molecule has 63 heavy (non-hydrogen) atoms. The summed E-state index contributed by atoms with van der Waals surface area (Å²) in [6.07, 6.45) is 12.0. The molecule has 2 N–H and O–H groups in total. The van der Waals surface area contributed by atoms with Crippen LogP contribution in [0.2, 0.25) is 0 Å². The molecule has 1 unspecified atom stereocenters. The average molecular weight is 858 g/mol. The Morgan fingerprint density at radius 2 is 1.67 bits per heavy atom. The lowest BCUT2D eigenvalue weighted by atomic mass is 10.0. The maximum absolute atomic E-state index is 15.4. The molecule has 3 aliphatic rings. The van der Waals surface area contributed by atoms with E-state index in [4.69, 9.17) is 9.72 Å². The molecule has 6 aromatic rings. The summed E-state index contributed by atoms with van der Waals surface area (Å²) in [6.45, 7) is 4.49. The quantitative estimate of drug-likeness (QED) is 0.0985. The summed E-state index contributed by atoms with van der Waals surface area (Å²) in [4.78, 5) is 63.9. The SMILES string of the molecule is O=C1CCC(n2ccc3c(NCCCCCC(=O)N4CCC(n5cc(-c6cnc7cccc(-c8cc(F)c(CN9CCOCC9)c(F)c8)c7n6)cn5)CC4)cccc3c2=O)C(=O)N1. The number of fused-ring (bicyclic) bond motifs is 2. The van der Waals surface area contributed by atoms with Crippen molar-refractivity contribution in [2.75, 3.05) is 51.3 Å². The molecule has 14 nitrogen and oxygen atoms in total. The molecule has 1 atom stereocenters. The summed E-state index contributed by atoms with van der Waals surface area (Å²) in [6, 6.07) is 14.9. The van der Waals surface area contributed by atoms with Gasteiger partial charge in [0.1, 0.15) is 17.7 Å². The number of benzene rings is 3. The fourth-order valence-corrected chi connectivity index (χ4v) is 8.95. The lowest BCUT2D eigenvalue weighted by Crippen LogP contribution is -2.44. The predicted octanol–water partition coefficient (Wildman–Crippen LogP) is 6.40. The van der Waals surface area contributed by atoms with Crippen molar-refractivity contribution in [1.82, 2.24) is 39.4 Å². The van der Waals surface area contributed by atoms with Crippen LogP contribution in [0.3, 0.4) is 0 Å². The molecule has 3 aliphatic heterocycles. The van der Waals surface area contributed by atoms with Gasteiger partial charge in [-0.1, -0.05) is 24.6 Å². The highest BCUT2D eigenvalue weighted by Crippen LogP contribution is 2.32. The first kappa shape index (κ1) is 41.9. The zero-order chi connectivity index (χ0) is 43.5. The zero-order valence-electron chi connectivity index (χ0n) is 34.9. The van der Waals surface area contributed by atoms with Gasteiger partial charge in [-0.2, -0.15) is 5.10 Å². The van der Waals surface area contributed by atoms with Gasteiger partial charge in [0.05, 0.1) is 48.4 Å². The van der Waals surface area contributed by atoms with Gasteiger partial charge in [-0.3, -0.25) is 39.1 Å². The smallest absolute Gasteiger partial charge is 0.259 e. The molecule has 0 saturated carbocycles. The van der Waals surface area contributed by atoms with Crippen molar-refractivity contribution in [3.05, 3.63) is 107 Å². The second-order valence-electron chi connectivity index (χ2n) is 16.6. The number of carbonyl (C=O) groups excluding carboxylic acids is 3. The minimum Gasteiger partial charge on any atom is -0.385 e. The Bertz CT molecular complexity index is 2720. The number of amides is 3. The highest BCUT2D eigenvalue weighted by molar-refractivity contribution is 6.00. The minimum absolute atomic E-state index is 0.0442. The number of ether oxygens (including phenoxy) is 1. The van der Waals surface area contributed by atoms with Crippen LogP contribution in [0.25, 0.3) is 44.2 Å². The lowest BCUT2D eigenvalue weighted by Gasteiger charge is -2.32. The van der Waals surface area contributed by atoms with E-state index < -0.39 is 23.6 Å². The minimum atomic E-state index is -0.712. The number of anilines is 1. The summed E-state index contributed by atoms with van der Waals surface area (Å²) < 4.78 is 39.5. The Hall–Kier alpha value is -6.39. The number of piperidine rings is 2. The number of morpholine rings is 1. The Morgan fingerprint density at radius 3 is 2.46 bits per heavy atom. The Balaban J connectivity index is 0.753. The van der Waals surface area contributed by atoms with Gasteiger partial charge in [-0.15, -0.1) is 0 Å². The highest BCUT2D eigenvalue weighted by Gasteiger charge is 2.29. The third-order valence-corrected chi connectivity index (χ3v) is 12.5. The summed E-state index contributed by atoms with van der Waals surface area (Å²) in [5.74, 6) is -1.82. The number of nitrogens with zero attached hydrogens (tertiary/aromatic N) is 7. The van der Waals surface area contributed by atoms with Gasteiger partial charge < -0.3 is 19.5 Å². The summed E-state index contributed by atoms with van der Waals surface area (Å²) in [5, 5.41) is 11.7. The third-order valence-electron chi connectivity index (χ3n) is 12.5. The molecule has 9 rings (SSSR count). The number of pyridine rings is 1. The average Bonchev–Trinajstić information content (AvgIpc) is 3.80. The van der Waals surface area contributed by atoms with Crippen molar-refractivity contribution < 1.29 is 27.9 Å². The number of imide groups is 1. The second kappa shape index (κ2) is 18.5. The van der Waals surface area contributed by atoms with Crippen LogP contribution in [0, 0.1) is 11.6 Å². The van der Waals surface area contributed by atoms with Crippen LogP contribution in [-0.4, -0.2) is 97.8 Å². The number of aromatic nitrogens is 5. The molecule has 3 aromatic carbocycles. The van der Waals surface area contributed by atoms with Gasteiger partial charge in [-0.25, -0.2) is 13.8 Å². The molecule has 0 bridgehead atoms. The molecule has 6 heterocycles. The van der Waals surface area contributed by atoms with E-state index in [1.54, 1.807) is 30.7 Å². The van der Waals surface area contributed by atoms with E-state index in [0.717, 1.165) is 48.7 Å². The van der Waals surface area contributed by atoms with Crippen LogP contribution in [0.5, 0.6) is 0 Å². The molecule has 3 saturated heterocycles. The number of hydrogen-bond donors (Lipinski definition) is 2. The van der Waals surface area contributed by atoms with Gasteiger partial charge in [0.25, 0.3) is 5.56 Å². The second-order valence-corrected chi connectivity index (χ2v) is 16.6. The number of likely N-dealkylation sites (tertiary alicyclic amines) is 1. The van der Waals surface area contributed by atoms with Crippen molar-refractivity contribution in [2.24, 2.45) is 0 Å². The summed E-state index contributed by atoms with van der Waals surface area (Å²) in [5.41, 5.74) is 4.11. The van der Waals surface area contributed by atoms with E-state index in [9.17, 15) is 19.2 Å². The third kappa shape index (κ3) is 9.09. The standard InChI is InChI=1S/C47H49F2N9O5/c48-37-24-30(25-38(49)36(37)29-55-20-22-63-23-21-55)33-6-4-9-40-45(33)53-41(27-51-40)31-26-52-58(28-31)32-13-17-56(18-14-32)44(60)10-2-1-3-16-50-39-8-5-7-35-34(39)15-19-57(47(35)62)42-11-12-43(59)54-46(42)61/h4-9,15,19,24-28,32,42,50H,1-3,10-14,16-18,20-23,29H2,(H,54,59,61). The van der Waals surface area contributed by atoms with Crippen LogP contribution in [0.15, 0.2) is 84.2 Å². The van der Waals surface area contributed by atoms with Crippen LogP contribution in [0.1, 0.15) is 69.0 Å². The largest absolute Gasteiger partial charge is 0.385 e. The number of rotatable bonds is 13. The van der Waals surface area contributed by atoms with E-state index in [-0.39, 0.29) is 41.9 Å². The van der Waals surface area contributed by atoms with E-state index in [0.29, 0.717) is 92.0 Å². The number of nitrogens with one attached hydrogen (secondary N) is 2. The van der Waals surface area contributed by atoms with Gasteiger partial charge in [-0.05, 0) is 74.1 Å². The van der Waals surface area contributed by atoms with Gasteiger partial charge >= 0.3 is 0 Å². The highest BCUT2D eigenvalue weighted by atomic mass is 19.1. The molecule has 0 spiro atoms. The molecular weight excluding hydrogens is 809 g/mol. The normalized spacial score (nSPS) is 17.7. The molecular formula is C47H49F2N9O5. The first-order chi connectivity index (χ1) is 30.7. The molecule has 326 valence electrons. The Labute approximate surface area is 362 Å². The molecule has 3 fully saturated rings. The zero-order valence-corrected chi connectivity index (χ0v) is 34.9. The van der Waals surface area contributed by atoms with E-state index >= 15 is 8.78 Å². The number of unbranched alkanes of at least 4 members (excludes halogenated alkanes) is 2. The summed E-state index contributed by atoms with van der Waals surface area (Å²) in [7, 11) is 0. The molecule has 16 heteroatoms. The lowest BCUT2D eigenvalue weighted by molar-refractivity contribution is -0.136. The fraction of sp³-hybridized carbons (Fsp3) is 0.383. The van der Waals surface area contributed by atoms with Crippen LogP contribution in [-0.2, 0) is 25.7 Å². The van der Waals surface area contributed by atoms with E-state index in [1.807, 2.05) is 51.0 Å². The predicted molar refractivity (Wildman–Crippen MR) is 234 cm³/mol. The maximum atomic E-state index is 15.4.